The van der Waals surface area contributed by atoms with E-state index in [4.69, 9.17) is 5.21 Å². The lowest BCUT2D eigenvalue weighted by Crippen LogP contribution is -2.38. The second-order valence-electron chi connectivity index (χ2n) is 3.09. The first-order valence-electron chi connectivity index (χ1n) is 4.32. The number of imidazole rings is 1. The highest BCUT2D eigenvalue weighted by Gasteiger charge is 2.15. The Hall–Kier alpha value is -2.51. The standard InChI is InChI=1S/C8H8N4O4/c1-2-3-4-9-5-6(10-4)11(15)8(14)12(16)7(5)13/h2,15-16H,1,3H2,(H,9,10). The van der Waals surface area contributed by atoms with Crippen molar-refractivity contribution in [1.29, 1.82) is 0 Å². The number of aromatic nitrogens is 4. The van der Waals surface area contributed by atoms with Gasteiger partial charge in [-0.05, 0) is 0 Å². The molecule has 0 fully saturated rings. The summed E-state index contributed by atoms with van der Waals surface area (Å²) in [5.74, 6) is 0.357. The molecule has 0 saturated carbocycles. The molecule has 0 aliphatic heterocycles. The zero-order chi connectivity index (χ0) is 11.9. The van der Waals surface area contributed by atoms with Crippen LogP contribution in [0.5, 0.6) is 0 Å². The van der Waals surface area contributed by atoms with Crippen LogP contribution < -0.4 is 11.2 Å². The molecule has 0 spiro atoms. The van der Waals surface area contributed by atoms with Crippen molar-refractivity contribution in [2.75, 3.05) is 0 Å². The summed E-state index contributed by atoms with van der Waals surface area (Å²) >= 11 is 0. The maximum absolute atomic E-state index is 11.4. The van der Waals surface area contributed by atoms with Gasteiger partial charge in [-0.2, -0.15) is 0 Å². The molecule has 0 unspecified atom stereocenters. The first-order valence-corrected chi connectivity index (χ1v) is 4.32. The van der Waals surface area contributed by atoms with E-state index in [1.54, 1.807) is 0 Å². The molecule has 0 saturated heterocycles. The van der Waals surface area contributed by atoms with Crippen LogP contribution in [0.2, 0.25) is 0 Å². The Morgan fingerprint density at radius 2 is 2.06 bits per heavy atom. The first kappa shape index (κ1) is 10.0. The van der Waals surface area contributed by atoms with Crippen molar-refractivity contribution in [2.45, 2.75) is 6.42 Å². The number of nitrogens with one attached hydrogen (secondary N) is 1. The molecular formula is C8H8N4O4. The van der Waals surface area contributed by atoms with E-state index >= 15 is 0 Å². The van der Waals surface area contributed by atoms with Gasteiger partial charge < -0.3 is 15.4 Å². The van der Waals surface area contributed by atoms with E-state index in [1.807, 2.05) is 0 Å². The average Bonchev–Trinajstić information content (AvgIpc) is 2.68. The highest BCUT2D eigenvalue weighted by molar-refractivity contribution is 5.69. The normalized spacial score (nSPS) is 10.8. The quantitative estimate of drug-likeness (QED) is 0.451. The molecular weight excluding hydrogens is 216 g/mol. The summed E-state index contributed by atoms with van der Waals surface area (Å²) in [5, 5.41) is 18.4. The van der Waals surface area contributed by atoms with Gasteiger partial charge in [0.05, 0.1) is 0 Å². The molecule has 0 bridgehead atoms. The van der Waals surface area contributed by atoms with Crippen molar-refractivity contribution < 1.29 is 10.4 Å². The van der Waals surface area contributed by atoms with Crippen LogP contribution in [0.4, 0.5) is 0 Å². The van der Waals surface area contributed by atoms with Crippen LogP contribution >= 0.6 is 0 Å². The van der Waals surface area contributed by atoms with Gasteiger partial charge in [-0.15, -0.1) is 11.3 Å². The average molecular weight is 224 g/mol. The maximum Gasteiger partial charge on any atom is 0.399 e. The van der Waals surface area contributed by atoms with Crippen molar-refractivity contribution in [3.05, 3.63) is 39.3 Å². The van der Waals surface area contributed by atoms with Crippen molar-refractivity contribution in [3.8, 4) is 0 Å². The molecule has 8 heteroatoms. The molecule has 8 nitrogen and oxygen atoms in total. The molecule has 16 heavy (non-hydrogen) atoms. The fraction of sp³-hybridized carbons (Fsp3) is 0.125. The molecule has 3 N–H and O–H groups in total. The van der Waals surface area contributed by atoms with Crippen molar-refractivity contribution >= 4 is 11.2 Å². The molecule has 2 rings (SSSR count). The third-order valence-electron chi connectivity index (χ3n) is 2.04. The molecule has 0 radical (unpaired) electrons. The number of hydrogen-bond donors (Lipinski definition) is 3. The Labute approximate surface area is 87.6 Å². The monoisotopic (exact) mass is 224 g/mol. The van der Waals surface area contributed by atoms with Gasteiger partial charge in [0.25, 0.3) is 0 Å². The molecule has 0 atom stereocenters. The van der Waals surface area contributed by atoms with Gasteiger partial charge in [0.1, 0.15) is 5.82 Å². The second-order valence-corrected chi connectivity index (χ2v) is 3.09. The molecule has 0 aliphatic rings. The highest BCUT2D eigenvalue weighted by Crippen LogP contribution is 2.04. The highest BCUT2D eigenvalue weighted by atomic mass is 16.5. The summed E-state index contributed by atoms with van der Waals surface area (Å²) in [6.45, 7) is 3.48. The summed E-state index contributed by atoms with van der Waals surface area (Å²) in [6, 6.07) is 0. The zero-order valence-electron chi connectivity index (χ0n) is 8.04. The Morgan fingerprint density at radius 1 is 1.38 bits per heavy atom. The molecule has 0 amide bonds. The zero-order valence-corrected chi connectivity index (χ0v) is 8.04. The molecule has 2 aromatic heterocycles. The van der Waals surface area contributed by atoms with Crippen LogP contribution in [-0.2, 0) is 6.42 Å². The third kappa shape index (κ3) is 1.20. The lowest BCUT2D eigenvalue weighted by molar-refractivity contribution is 0.110. The van der Waals surface area contributed by atoms with Crippen molar-refractivity contribution in [3.63, 3.8) is 0 Å². The summed E-state index contributed by atoms with van der Waals surface area (Å²) in [6.07, 6.45) is 1.88. The minimum absolute atomic E-state index is 0.0970. The Morgan fingerprint density at radius 3 is 2.69 bits per heavy atom. The SMILES string of the molecule is C=CCc1nc2c([nH]1)c(=O)n(O)c(=O)n2O. The van der Waals surface area contributed by atoms with Crippen LogP contribution in [0.1, 0.15) is 5.82 Å². The minimum Gasteiger partial charge on any atom is -0.422 e. The van der Waals surface area contributed by atoms with E-state index in [0.29, 0.717) is 12.2 Å². The van der Waals surface area contributed by atoms with Crippen LogP contribution in [0, 0.1) is 0 Å². The fourth-order valence-corrected chi connectivity index (χ4v) is 1.32. The summed E-state index contributed by atoms with van der Waals surface area (Å²) in [4.78, 5) is 28.9. The van der Waals surface area contributed by atoms with Crippen LogP contribution in [0.15, 0.2) is 22.2 Å². The number of allylic oxidation sites excluding steroid dienone is 1. The number of fused-ring (bicyclic) bond motifs is 1. The number of nitrogens with zero attached hydrogens (tertiary/aromatic N) is 3. The molecule has 2 aromatic rings. The summed E-state index contributed by atoms with van der Waals surface area (Å²) < 4.78 is -0.0992. The number of aromatic amines is 1. The maximum atomic E-state index is 11.4. The Balaban J connectivity index is 2.92. The van der Waals surface area contributed by atoms with Crippen molar-refractivity contribution in [2.24, 2.45) is 0 Å². The van der Waals surface area contributed by atoms with E-state index in [9.17, 15) is 14.8 Å². The van der Waals surface area contributed by atoms with Crippen LogP contribution in [0.3, 0.4) is 0 Å². The van der Waals surface area contributed by atoms with Gasteiger partial charge in [-0.25, -0.2) is 9.78 Å². The fourth-order valence-electron chi connectivity index (χ4n) is 1.32. The minimum atomic E-state index is -1.27. The topological polar surface area (TPSA) is 113 Å². The predicted molar refractivity (Wildman–Crippen MR) is 52.9 cm³/mol. The Bertz CT molecular complexity index is 678. The van der Waals surface area contributed by atoms with Gasteiger partial charge in [0, 0.05) is 6.42 Å². The number of rotatable bonds is 2. The summed E-state index contributed by atoms with van der Waals surface area (Å²) in [7, 11) is 0. The van der Waals surface area contributed by atoms with Gasteiger partial charge >= 0.3 is 11.2 Å². The summed E-state index contributed by atoms with van der Waals surface area (Å²) in [5.41, 5.74) is -2.61. The Kier molecular flexibility index (Phi) is 2.04. The lowest BCUT2D eigenvalue weighted by atomic mass is 10.4. The van der Waals surface area contributed by atoms with E-state index in [1.165, 1.54) is 6.08 Å². The van der Waals surface area contributed by atoms with E-state index in [2.05, 4.69) is 16.5 Å². The van der Waals surface area contributed by atoms with Gasteiger partial charge in [0.2, 0.25) is 5.65 Å². The van der Waals surface area contributed by atoms with Gasteiger partial charge in [-0.3, -0.25) is 4.79 Å². The van der Waals surface area contributed by atoms with E-state index < -0.39 is 11.2 Å². The van der Waals surface area contributed by atoms with E-state index in [-0.39, 0.29) is 20.6 Å². The third-order valence-corrected chi connectivity index (χ3v) is 2.04. The number of H-pyrrole nitrogens is 1. The van der Waals surface area contributed by atoms with Crippen molar-refractivity contribution in [1.82, 2.24) is 19.4 Å². The largest absolute Gasteiger partial charge is 0.422 e. The molecule has 0 aliphatic carbocycles. The molecule has 84 valence electrons. The van der Waals surface area contributed by atoms with Gasteiger partial charge in [0.15, 0.2) is 5.52 Å². The second kappa shape index (κ2) is 3.26. The van der Waals surface area contributed by atoms with Gasteiger partial charge in [-0.1, -0.05) is 10.8 Å². The lowest BCUT2D eigenvalue weighted by Gasteiger charge is -1.97. The first-order chi connectivity index (χ1) is 7.56. The molecule has 2 heterocycles. The van der Waals surface area contributed by atoms with E-state index in [0.717, 1.165) is 0 Å². The number of hydrogen-bond acceptors (Lipinski definition) is 5. The smallest absolute Gasteiger partial charge is 0.399 e. The van der Waals surface area contributed by atoms with Crippen LogP contribution in [0.25, 0.3) is 11.2 Å². The molecule has 0 aromatic carbocycles. The predicted octanol–water partition coefficient (Wildman–Crippen LogP) is -0.911. The van der Waals surface area contributed by atoms with Crippen LogP contribution in [-0.4, -0.2) is 29.8 Å².